The second-order valence-electron chi connectivity index (χ2n) is 4.72. The van der Waals surface area contributed by atoms with Crippen LogP contribution in [-0.4, -0.2) is 13.1 Å². The Balaban J connectivity index is 1.94. The molecule has 0 aliphatic rings. The third kappa shape index (κ3) is 3.83. The summed E-state index contributed by atoms with van der Waals surface area (Å²) >= 11 is 0. The topological polar surface area (TPSA) is 29.3 Å². The van der Waals surface area contributed by atoms with Gasteiger partial charge in [-0.15, -0.1) is 0 Å². The van der Waals surface area contributed by atoms with E-state index in [4.69, 9.17) is 5.73 Å². The number of nitrogens with zero attached hydrogens (tertiary/aromatic N) is 1. The van der Waals surface area contributed by atoms with Crippen LogP contribution in [0.25, 0.3) is 0 Å². The van der Waals surface area contributed by atoms with Crippen LogP contribution >= 0.6 is 0 Å². The molecule has 2 aromatic rings. The molecule has 100 valence electrons. The van der Waals surface area contributed by atoms with Crippen molar-refractivity contribution in [2.24, 2.45) is 5.73 Å². The molecule has 0 spiro atoms. The van der Waals surface area contributed by atoms with Gasteiger partial charge in [-0.25, -0.2) is 0 Å². The molecule has 0 saturated carbocycles. The maximum atomic E-state index is 6.25. The van der Waals surface area contributed by atoms with E-state index in [2.05, 4.69) is 48.2 Å². The zero-order valence-electron chi connectivity index (χ0n) is 11.5. The van der Waals surface area contributed by atoms with Crippen LogP contribution in [0.5, 0.6) is 0 Å². The van der Waals surface area contributed by atoms with Gasteiger partial charge >= 0.3 is 0 Å². The average Bonchev–Trinajstić information content (AvgIpc) is 2.49. The smallest absolute Gasteiger partial charge is 0.0366 e. The first-order valence-electron chi connectivity index (χ1n) is 6.91. The Kier molecular flexibility index (Phi) is 4.99. The summed E-state index contributed by atoms with van der Waals surface area (Å²) in [6, 6.07) is 20.9. The maximum absolute atomic E-state index is 6.25. The molecule has 0 amide bonds. The van der Waals surface area contributed by atoms with E-state index in [1.807, 2.05) is 24.3 Å². The molecule has 2 rings (SSSR count). The monoisotopic (exact) mass is 254 g/mol. The Bertz CT molecular complexity index is 467. The van der Waals surface area contributed by atoms with Gasteiger partial charge in [0.25, 0.3) is 0 Å². The molecule has 19 heavy (non-hydrogen) atoms. The first-order chi connectivity index (χ1) is 9.31. The SMILES string of the molecule is CCN(CCC(N)c1ccccc1)c1ccccc1. The van der Waals surface area contributed by atoms with Crippen molar-refractivity contribution < 1.29 is 0 Å². The second kappa shape index (κ2) is 6.95. The van der Waals surface area contributed by atoms with Gasteiger partial charge < -0.3 is 10.6 Å². The quantitative estimate of drug-likeness (QED) is 0.853. The Morgan fingerprint density at radius 1 is 0.947 bits per heavy atom. The molecule has 0 heterocycles. The molecule has 0 fully saturated rings. The molecular weight excluding hydrogens is 232 g/mol. The highest BCUT2D eigenvalue weighted by molar-refractivity contribution is 5.45. The van der Waals surface area contributed by atoms with Crippen molar-refractivity contribution in [2.75, 3.05) is 18.0 Å². The van der Waals surface area contributed by atoms with E-state index in [0.29, 0.717) is 0 Å². The first kappa shape index (κ1) is 13.6. The molecule has 0 bridgehead atoms. The van der Waals surface area contributed by atoms with E-state index >= 15 is 0 Å². The predicted octanol–water partition coefficient (Wildman–Crippen LogP) is 3.60. The van der Waals surface area contributed by atoms with Gasteiger partial charge in [0.15, 0.2) is 0 Å². The van der Waals surface area contributed by atoms with Crippen LogP contribution in [0.2, 0.25) is 0 Å². The van der Waals surface area contributed by atoms with Gasteiger partial charge in [-0.05, 0) is 31.0 Å². The van der Waals surface area contributed by atoms with Crippen LogP contribution in [-0.2, 0) is 0 Å². The van der Waals surface area contributed by atoms with E-state index in [0.717, 1.165) is 19.5 Å². The molecule has 2 N–H and O–H groups in total. The molecule has 1 unspecified atom stereocenters. The summed E-state index contributed by atoms with van der Waals surface area (Å²) in [5.74, 6) is 0. The molecule has 2 aromatic carbocycles. The van der Waals surface area contributed by atoms with E-state index in [-0.39, 0.29) is 6.04 Å². The van der Waals surface area contributed by atoms with E-state index in [9.17, 15) is 0 Å². The maximum Gasteiger partial charge on any atom is 0.0366 e. The van der Waals surface area contributed by atoms with Crippen molar-refractivity contribution in [1.29, 1.82) is 0 Å². The van der Waals surface area contributed by atoms with E-state index in [1.54, 1.807) is 0 Å². The van der Waals surface area contributed by atoms with Crippen LogP contribution in [0.1, 0.15) is 24.9 Å². The third-order valence-electron chi connectivity index (χ3n) is 3.44. The largest absolute Gasteiger partial charge is 0.372 e. The van der Waals surface area contributed by atoms with Crippen LogP contribution in [0.3, 0.4) is 0 Å². The van der Waals surface area contributed by atoms with Crippen molar-refractivity contribution in [1.82, 2.24) is 0 Å². The van der Waals surface area contributed by atoms with Crippen LogP contribution in [0.15, 0.2) is 60.7 Å². The zero-order valence-corrected chi connectivity index (χ0v) is 11.5. The minimum absolute atomic E-state index is 0.110. The highest BCUT2D eigenvalue weighted by Gasteiger charge is 2.09. The number of anilines is 1. The predicted molar refractivity (Wildman–Crippen MR) is 82.3 cm³/mol. The lowest BCUT2D eigenvalue weighted by molar-refractivity contribution is 0.632. The summed E-state index contributed by atoms with van der Waals surface area (Å²) in [6.45, 7) is 4.17. The summed E-state index contributed by atoms with van der Waals surface area (Å²) in [5, 5.41) is 0. The average molecular weight is 254 g/mol. The van der Waals surface area contributed by atoms with Gasteiger partial charge in [0, 0.05) is 24.8 Å². The molecule has 2 heteroatoms. The summed E-state index contributed by atoms with van der Waals surface area (Å²) in [4.78, 5) is 2.36. The van der Waals surface area contributed by atoms with Crippen molar-refractivity contribution >= 4 is 5.69 Å². The summed E-state index contributed by atoms with van der Waals surface area (Å²) in [7, 11) is 0. The number of hydrogen-bond acceptors (Lipinski definition) is 2. The first-order valence-corrected chi connectivity index (χ1v) is 6.91. The summed E-state index contributed by atoms with van der Waals surface area (Å²) in [6.07, 6.45) is 0.965. The molecular formula is C17H22N2. The van der Waals surface area contributed by atoms with Crippen molar-refractivity contribution in [3.8, 4) is 0 Å². The summed E-state index contributed by atoms with van der Waals surface area (Å²) < 4.78 is 0. The lowest BCUT2D eigenvalue weighted by Gasteiger charge is -2.24. The van der Waals surface area contributed by atoms with Gasteiger partial charge in [0.1, 0.15) is 0 Å². The molecule has 0 saturated heterocycles. The zero-order chi connectivity index (χ0) is 13.5. The van der Waals surface area contributed by atoms with Gasteiger partial charge in [0.05, 0.1) is 0 Å². The normalized spacial score (nSPS) is 12.1. The Hall–Kier alpha value is -1.80. The second-order valence-corrected chi connectivity index (χ2v) is 4.72. The standard InChI is InChI=1S/C17H22N2/c1-2-19(16-11-7-4-8-12-16)14-13-17(18)15-9-5-3-6-10-15/h3-12,17H,2,13-14,18H2,1H3. The molecule has 1 atom stereocenters. The third-order valence-corrected chi connectivity index (χ3v) is 3.44. The fraction of sp³-hybridized carbons (Fsp3) is 0.294. The number of rotatable bonds is 6. The Labute approximate surface area is 115 Å². The minimum atomic E-state index is 0.110. The fourth-order valence-corrected chi connectivity index (χ4v) is 2.27. The van der Waals surface area contributed by atoms with Crippen LogP contribution in [0.4, 0.5) is 5.69 Å². The molecule has 0 radical (unpaired) electrons. The van der Waals surface area contributed by atoms with Crippen molar-refractivity contribution in [3.05, 3.63) is 66.2 Å². The van der Waals surface area contributed by atoms with E-state index < -0.39 is 0 Å². The van der Waals surface area contributed by atoms with Gasteiger partial charge in [-0.2, -0.15) is 0 Å². The highest BCUT2D eigenvalue weighted by Crippen LogP contribution is 2.17. The van der Waals surface area contributed by atoms with Crippen molar-refractivity contribution in [2.45, 2.75) is 19.4 Å². The van der Waals surface area contributed by atoms with Crippen LogP contribution < -0.4 is 10.6 Å². The molecule has 0 aliphatic heterocycles. The van der Waals surface area contributed by atoms with Gasteiger partial charge in [-0.1, -0.05) is 48.5 Å². The van der Waals surface area contributed by atoms with Gasteiger partial charge in [0.2, 0.25) is 0 Å². The number of nitrogens with two attached hydrogens (primary N) is 1. The van der Waals surface area contributed by atoms with Crippen molar-refractivity contribution in [3.63, 3.8) is 0 Å². The molecule has 0 aliphatic carbocycles. The minimum Gasteiger partial charge on any atom is -0.372 e. The summed E-state index contributed by atoms with van der Waals surface area (Å²) in [5.41, 5.74) is 8.73. The lowest BCUT2D eigenvalue weighted by Crippen LogP contribution is -2.27. The van der Waals surface area contributed by atoms with Crippen LogP contribution in [0, 0.1) is 0 Å². The molecule has 0 aromatic heterocycles. The molecule has 2 nitrogen and oxygen atoms in total. The van der Waals surface area contributed by atoms with Gasteiger partial charge in [-0.3, -0.25) is 0 Å². The van der Waals surface area contributed by atoms with E-state index in [1.165, 1.54) is 11.3 Å². The number of hydrogen-bond donors (Lipinski definition) is 1. The highest BCUT2D eigenvalue weighted by atomic mass is 15.1. The Morgan fingerprint density at radius 2 is 1.53 bits per heavy atom. The lowest BCUT2D eigenvalue weighted by atomic mass is 10.0. The number of para-hydroxylation sites is 1. The fourth-order valence-electron chi connectivity index (χ4n) is 2.27. The number of benzene rings is 2. The Morgan fingerprint density at radius 3 is 2.11 bits per heavy atom.